The average molecular weight is 670 g/mol. The van der Waals surface area contributed by atoms with Gasteiger partial charge in [0.05, 0.1) is 5.69 Å². The van der Waals surface area contributed by atoms with Gasteiger partial charge in [0.25, 0.3) is 0 Å². The average Bonchev–Trinajstić information content (AvgIpc) is 3.68. The summed E-state index contributed by atoms with van der Waals surface area (Å²) in [6.45, 7) is 4.72. The zero-order chi connectivity index (χ0) is 34.1. The van der Waals surface area contributed by atoms with Crippen molar-refractivity contribution in [2.24, 2.45) is 0 Å². The van der Waals surface area contributed by atoms with Gasteiger partial charge in [0.15, 0.2) is 0 Å². The van der Waals surface area contributed by atoms with E-state index in [0.29, 0.717) is 0 Å². The molecule has 8 aromatic carbocycles. The van der Waals surface area contributed by atoms with Crippen molar-refractivity contribution in [3.63, 3.8) is 0 Å². The number of para-hydroxylation sites is 1. The molecule has 2 heteroatoms. The molecule has 0 bridgehead atoms. The zero-order valence-corrected chi connectivity index (χ0v) is 29.4. The minimum atomic E-state index is -0.106. The maximum Gasteiger partial charge on any atom is 0.0540 e. The fourth-order valence-electron chi connectivity index (χ4n) is 8.41. The van der Waals surface area contributed by atoms with Crippen LogP contribution in [0.25, 0.3) is 64.3 Å². The van der Waals surface area contributed by atoms with Crippen LogP contribution in [0.1, 0.15) is 25.0 Å². The molecule has 0 saturated heterocycles. The van der Waals surface area contributed by atoms with Crippen LogP contribution in [0.5, 0.6) is 0 Å². The number of fused-ring (bicyclic) bond motifs is 8. The molecule has 242 valence electrons. The van der Waals surface area contributed by atoms with Crippen LogP contribution in [-0.4, -0.2) is 0 Å². The summed E-state index contributed by atoms with van der Waals surface area (Å²) >= 11 is 1.88. The van der Waals surface area contributed by atoms with E-state index in [2.05, 4.69) is 195 Å². The van der Waals surface area contributed by atoms with E-state index in [0.717, 1.165) is 17.1 Å². The van der Waals surface area contributed by atoms with Crippen molar-refractivity contribution >= 4 is 59.3 Å². The van der Waals surface area contributed by atoms with Gasteiger partial charge in [0.1, 0.15) is 0 Å². The lowest BCUT2D eigenvalue weighted by Gasteiger charge is -2.30. The highest BCUT2D eigenvalue weighted by Crippen LogP contribution is 2.52. The molecular weight excluding hydrogens is 635 g/mol. The van der Waals surface area contributed by atoms with Crippen molar-refractivity contribution in [1.82, 2.24) is 0 Å². The Labute approximate surface area is 302 Å². The summed E-state index contributed by atoms with van der Waals surface area (Å²) in [7, 11) is 0. The molecule has 0 spiro atoms. The quantitative estimate of drug-likeness (QED) is 0.176. The molecule has 9 aromatic rings. The van der Waals surface area contributed by atoms with Crippen molar-refractivity contribution < 1.29 is 0 Å². The van der Waals surface area contributed by atoms with Crippen molar-refractivity contribution in [1.29, 1.82) is 0 Å². The van der Waals surface area contributed by atoms with Gasteiger partial charge in [-0.05, 0) is 92.2 Å². The van der Waals surface area contributed by atoms with Gasteiger partial charge >= 0.3 is 0 Å². The predicted molar refractivity (Wildman–Crippen MR) is 220 cm³/mol. The second kappa shape index (κ2) is 11.6. The number of benzene rings is 8. The Bertz CT molecular complexity index is 2770. The van der Waals surface area contributed by atoms with Gasteiger partial charge in [-0.2, -0.15) is 0 Å². The highest BCUT2D eigenvalue weighted by atomic mass is 32.1. The minimum absolute atomic E-state index is 0.106. The number of hydrogen-bond acceptors (Lipinski definition) is 2. The lowest BCUT2D eigenvalue weighted by molar-refractivity contribution is 0.660. The lowest BCUT2D eigenvalue weighted by Crippen LogP contribution is -2.16. The summed E-state index contributed by atoms with van der Waals surface area (Å²) in [5.74, 6) is 0. The Morgan fingerprint density at radius 1 is 0.431 bits per heavy atom. The molecule has 1 aliphatic carbocycles. The van der Waals surface area contributed by atoms with Gasteiger partial charge in [0, 0.05) is 42.5 Å². The minimum Gasteiger partial charge on any atom is -0.310 e. The Hall–Kier alpha value is -5.96. The Balaban J connectivity index is 1.22. The van der Waals surface area contributed by atoms with Gasteiger partial charge in [-0.15, -0.1) is 11.3 Å². The molecule has 1 nitrogen and oxygen atoms in total. The monoisotopic (exact) mass is 669 g/mol. The van der Waals surface area contributed by atoms with E-state index in [1.54, 1.807) is 0 Å². The highest BCUT2D eigenvalue weighted by molar-refractivity contribution is 7.26. The molecule has 0 radical (unpaired) electrons. The van der Waals surface area contributed by atoms with Crippen molar-refractivity contribution in [2.75, 3.05) is 4.90 Å². The van der Waals surface area contributed by atoms with Crippen LogP contribution in [0, 0.1) is 0 Å². The van der Waals surface area contributed by atoms with E-state index >= 15 is 0 Å². The molecule has 0 saturated carbocycles. The maximum absolute atomic E-state index is 2.47. The van der Waals surface area contributed by atoms with E-state index in [4.69, 9.17) is 0 Å². The molecule has 0 amide bonds. The van der Waals surface area contributed by atoms with Crippen molar-refractivity contribution in [2.45, 2.75) is 19.3 Å². The first kappa shape index (κ1) is 29.9. The lowest BCUT2D eigenvalue weighted by atomic mass is 9.82. The smallest absolute Gasteiger partial charge is 0.0540 e. The topological polar surface area (TPSA) is 3.24 Å². The Morgan fingerprint density at radius 2 is 1.10 bits per heavy atom. The molecule has 0 unspecified atom stereocenters. The van der Waals surface area contributed by atoms with Crippen LogP contribution in [-0.2, 0) is 5.41 Å². The third-order valence-electron chi connectivity index (χ3n) is 10.9. The third kappa shape index (κ3) is 4.67. The van der Waals surface area contributed by atoms with Crippen LogP contribution in [0.4, 0.5) is 17.1 Å². The van der Waals surface area contributed by atoms with Crippen molar-refractivity contribution in [3.05, 3.63) is 187 Å². The van der Waals surface area contributed by atoms with E-state index in [9.17, 15) is 0 Å². The van der Waals surface area contributed by atoms with Crippen LogP contribution in [0.15, 0.2) is 176 Å². The number of hydrogen-bond donors (Lipinski definition) is 0. The van der Waals surface area contributed by atoms with Crippen LogP contribution >= 0.6 is 11.3 Å². The molecule has 1 aliphatic rings. The summed E-state index contributed by atoms with van der Waals surface area (Å²) in [5.41, 5.74) is 13.6. The second-order valence-corrected chi connectivity index (χ2v) is 15.2. The standard InChI is InChI=1S/C49H35NS/c1-49(2)42-20-9-6-16-37(42)38-29-28-36(31-43(38)49)50(35-26-23-33(24-27-35)32-13-4-3-5-14-32)44-21-10-7-17-39(44)40-19-12-15-34-25-30-46-48(47(34)40)41-18-8-11-22-45(41)51-46/h3-31H,1-2H3. The summed E-state index contributed by atoms with van der Waals surface area (Å²) in [4.78, 5) is 2.47. The third-order valence-corrected chi connectivity index (χ3v) is 12.0. The number of nitrogens with zero attached hydrogens (tertiary/aromatic N) is 1. The van der Waals surface area contributed by atoms with Gasteiger partial charge < -0.3 is 4.90 Å². The molecule has 0 aliphatic heterocycles. The summed E-state index contributed by atoms with van der Waals surface area (Å²) in [6.07, 6.45) is 0. The van der Waals surface area contributed by atoms with Gasteiger partial charge in [0.2, 0.25) is 0 Å². The summed E-state index contributed by atoms with van der Waals surface area (Å²) < 4.78 is 2.65. The number of rotatable bonds is 5. The fraction of sp³-hybridized carbons (Fsp3) is 0.0612. The van der Waals surface area contributed by atoms with Crippen LogP contribution in [0.3, 0.4) is 0 Å². The first-order chi connectivity index (χ1) is 25.1. The highest BCUT2D eigenvalue weighted by Gasteiger charge is 2.36. The molecule has 10 rings (SSSR count). The molecule has 51 heavy (non-hydrogen) atoms. The van der Waals surface area contributed by atoms with E-state index in [1.165, 1.54) is 75.5 Å². The van der Waals surface area contributed by atoms with E-state index < -0.39 is 0 Å². The van der Waals surface area contributed by atoms with Gasteiger partial charge in [-0.1, -0.05) is 147 Å². The van der Waals surface area contributed by atoms with Crippen molar-refractivity contribution in [3.8, 4) is 33.4 Å². The zero-order valence-electron chi connectivity index (χ0n) is 28.6. The Kier molecular flexibility index (Phi) is 6.78. The Morgan fingerprint density at radius 3 is 1.96 bits per heavy atom. The van der Waals surface area contributed by atoms with Crippen LogP contribution < -0.4 is 4.90 Å². The maximum atomic E-state index is 2.47. The SMILES string of the molecule is CC1(C)c2ccccc2-c2ccc(N(c3ccc(-c4ccccc4)cc3)c3ccccc3-c3cccc4ccc5sc6ccccc6c5c34)cc21. The largest absolute Gasteiger partial charge is 0.310 e. The van der Waals surface area contributed by atoms with Crippen LogP contribution in [0.2, 0.25) is 0 Å². The molecular formula is C49H35NS. The summed E-state index contributed by atoms with van der Waals surface area (Å²) in [5, 5.41) is 5.23. The normalized spacial score (nSPS) is 13.1. The fourth-order valence-corrected chi connectivity index (χ4v) is 9.52. The first-order valence-corrected chi connectivity index (χ1v) is 18.5. The molecule has 1 aromatic heterocycles. The number of anilines is 3. The predicted octanol–water partition coefficient (Wildman–Crippen LogP) is 14.3. The molecule has 0 fully saturated rings. The van der Waals surface area contributed by atoms with E-state index in [1.807, 2.05) is 11.3 Å². The molecule has 0 atom stereocenters. The first-order valence-electron chi connectivity index (χ1n) is 17.7. The van der Waals surface area contributed by atoms with E-state index in [-0.39, 0.29) is 5.41 Å². The van der Waals surface area contributed by atoms with Gasteiger partial charge in [-0.25, -0.2) is 0 Å². The van der Waals surface area contributed by atoms with Gasteiger partial charge in [-0.3, -0.25) is 0 Å². The molecule has 0 N–H and O–H groups in total. The number of thiophene rings is 1. The molecule has 1 heterocycles. The second-order valence-electron chi connectivity index (χ2n) is 14.1. The summed E-state index contributed by atoms with van der Waals surface area (Å²) in [6, 6.07) is 64.8.